The molecule has 0 aliphatic carbocycles. The zero-order chi connectivity index (χ0) is 14.2. The van der Waals surface area contributed by atoms with E-state index in [0.717, 1.165) is 33.7 Å². The maximum absolute atomic E-state index is 12.4. The van der Waals surface area contributed by atoms with Crippen LogP contribution in [-0.4, -0.2) is 19.6 Å². The molecule has 21 heavy (non-hydrogen) atoms. The summed E-state index contributed by atoms with van der Waals surface area (Å²) in [5, 5.41) is 3.81. The molecule has 1 amide bonds. The fourth-order valence-electron chi connectivity index (χ4n) is 2.32. The molecule has 5 nitrogen and oxygen atoms in total. The Morgan fingerprint density at radius 3 is 2.90 bits per heavy atom. The van der Waals surface area contributed by atoms with Crippen molar-refractivity contribution < 1.29 is 4.79 Å². The number of para-hydroxylation sites is 1. The van der Waals surface area contributed by atoms with Crippen molar-refractivity contribution in [3.63, 3.8) is 0 Å². The van der Waals surface area contributed by atoms with Gasteiger partial charge in [-0.2, -0.15) is 8.75 Å². The van der Waals surface area contributed by atoms with E-state index in [1.807, 2.05) is 42.5 Å². The van der Waals surface area contributed by atoms with Crippen LogP contribution in [-0.2, 0) is 0 Å². The third-order valence-electron chi connectivity index (χ3n) is 3.35. The first-order valence-electron chi connectivity index (χ1n) is 6.41. The number of hydrogen-bond donors (Lipinski definition) is 2. The first-order chi connectivity index (χ1) is 10.3. The van der Waals surface area contributed by atoms with Gasteiger partial charge in [0.2, 0.25) is 0 Å². The van der Waals surface area contributed by atoms with E-state index in [2.05, 4.69) is 19.0 Å². The average molecular weight is 294 g/mol. The summed E-state index contributed by atoms with van der Waals surface area (Å²) in [6.07, 6.45) is 1.73. The molecule has 0 bridgehead atoms. The SMILES string of the molecule is O=C(Nc1ccc2nsnc2c1)c1c[nH]c2ccccc12. The Morgan fingerprint density at radius 1 is 1.10 bits per heavy atom. The lowest BCUT2D eigenvalue weighted by molar-refractivity contribution is 0.102. The number of nitrogens with one attached hydrogen (secondary N) is 2. The van der Waals surface area contributed by atoms with Gasteiger partial charge in [-0.1, -0.05) is 18.2 Å². The third kappa shape index (κ3) is 2.05. The van der Waals surface area contributed by atoms with Crippen molar-refractivity contribution >= 4 is 45.3 Å². The van der Waals surface area contributed by atoms with Gasteiger partial charge in [-0.05, 0) is 24.3 Å². The summed E-state index contributed by atoms with van der Waals surface area (Å²) in [5.74, 6) is -0.144. The van der Waals surface area contributed by atoms with Crippen molar-refractivity contribution in [2.45, 2.75) is 0 Å². The molecular weight excluding hydrogens is 284 g/mol. The molecular formula is C15H10N4OS. The van der Waals surface area contributed by atoms with Crippen molar-refractivity contribution in [1.82, 2.24) is 13.7 Å². The van der Waals surface area contributed by atoms with E-state index in [4.69, 9.17) is 0 Å². The minimum Gasteiger partial charge on any atom is -0.360 e. The number of amides is 1. The number of fused-ring (bicyclic) bond motifs is 2. The highest BCUT2D eigenvalue weighted by molar-refractivity contribution is 7.00. The second kappa shape index (κ2) is 4.68. The normalized spacial score (nSPS) is 11.0. The number of aromatic nitrogens is 3. The fraction of sp³-hybridized carbons (Fsp3) is 0. The lowest BCUT2D eigenvalue weighted by Crippen LogP contribution is -2.11. The minimum absolute atomic E-state index is 0.144. The van der Waals surface area contributed by atoms with Crippen LogP contribution in [0, 0.1) is 0 Å². The van der Waals surface area contributed by atoms with Crippen LogP contribution < -0.4 is 5.32 Å². The van der Waals surface area contributed by atoms with E-state index in [1.54, 1.807) is 6.20 Å². The molecule has 0 radical (unpaired) electrons. The molecule has 0 atom stereocenters. The molecule has 0 fully saturated rings. The van der Waals surface area contributed by atoms with Crippen LogP contribution in [0.3, 0.4) is 0 Å². The summed E-state index contributed by atoms with van der Waals surface area (Å²) in [5.41, 5.74) is 3.91. The molecule has 2 aromatic heterocycles. The van der Waals surface area contributed by atoms with Gasteiger partial charge in [0.1, 0.15) is 11.0 Å². The quantitative estimate of drug-likeness (QED) is 0.595. The smallest absolute Gasteiger partial charge is 0.257 e. The molecule has 0 unspecified atom stereocenters. The Labute approximate surface area is 123 Å². The molecule has 0 saturated heterocycles. The summed E-state index contributed by atoms with van der Waals surface area (Å²) < 4.78 is 8.32. The highest BCUT2D eigenvalue weighted by atomic mass is 32.1. The van der Waals surface area contributed by atoms with Crippen LogP contribution >= 0.6 is 11.7 Å². The maximum Gasteiger partial charge on any atom is 0.257 e. The maximum atomic E-state index is 12.4. The Kier molecular flexibility index (Phi) is 2.68. The number of hydrogen-bond acceptors (Lipinski definition) is 4. The van der Waals surface area contributed by atoms with Gasteiger partial charge in [-0.3, -0.25) is 4.79 Å². The topological polar surface area (TPSA) is 70.7 Å². The summed E-state index contributed by atoms with van der Waals surface area (Å²) in [6.45, 7) is 0. The number of nitrogens with zero attached hydrogens (tertiary/aromatic N) is 2. The van der Waals surface area contributed by atoms with E-state index in [9.17, 15) is 4.79 Å². The van der Waals surface area contributed by atoms with Crippen molar-refractivity contribution in [3.8, 4) is 0 Å². The van der Waals surface area contributed by atoms with Crippen LogP contribution in [0.15, 0.2) is 48.7 Å². The van der Waals surface area contributed by atoms with Gasteiger partial charge >= 0.3 is 0 Å². The molecule has 0 aliphatic heterocycles. The molecule has 0 spiro atoms. The molecule has 2 aromatic carbocycles. The van der Waals surface area contributed by atoms with Crippen molar-refractivity contribution in [2.75, 3.05) is 5.32 Å². The molecule has 4 aromatic rings. The van der Waals surface area contributed by atoms with E-state index in [0.29, 0.717) is 11.3 Å². The van der Waals surface area contributed by atoms with Gasteiger partial charge in [0, 0.05) is 22.8 Å². The van der Waals surface area contributed by atoms with Crippen molar-refractivity contribution in [1.29, 1.82) is 0 Å². The number of carbonyl (C=O) groups is 1. The van der Waals surface area contributed by atoms with E-state index < -0.39 is 0 Å². The van der Waals surface area contributed by atoms with Crippen molar-refractivity contribution in [2.24, 2.45) is 0 Å². The predicted octanol–water partition coefficient (Wildman–Crippen LogP) is 3.42. The number of rotatable bonds is 2. The Balaban J connectivity index is 1.68. The molecule has 102 valence electrons. The summed E-state index contributed by atoms with van der Waals surface area (Å²) in [4.78, 5) is 15.5. The van der Waals surface area contributed by atoms with Crippen LogP contribution in [0.2, 0.25) is 0 Å². The predicted molar refractivity (Wildman–Crippen MR) is 83.7 cm³/mol. The van der Waals surface area contributed by atoms with E-state index >= 15 is 0 Å². The number of aromatic amines is 1. The zero-order valence-corrected chi connectivity index (χ0v) is 11.6. The van der Waals surface area contributed by atoms with Gasteiger partial charge in [-0.25, -0.2) is 0 Å². The number of anilines is 1. The fourth-order valence-corrected chi connectivity index (χ4v) is 2.84. The van der Waals surface area contributed by atoms with Gasteiger partial charge in [0.25, 0.3) is 5.91 Å². The summed E-state index contributed by atoms with van der Waals surface area (Å²) in [7, 11) is 0. The Bertz CT molecular complexity index is 956. The first kappa shape index (κ1) is 12.0. The number of carbonyl (C=O) groups excluding carboxylic acids is 1. The van der Waals surface area contributed by atoms with Crippen LogP contribution in [0.25, 0.3) is 21.9 Å². The number of H-pyrrole nitrogens is 1. The second-order valence-electron chi connectivity index (χ2n) is 4.67. The molecule has 4 rings (SSSR count). The van der Waals surface area contributed by atoms with Crippen LogP contribution in [0.5, 0.6) is 0 Å². The third-order valence-corrected chi connectivity index (χ3v) is 3.90. The lowest BCUT2D eigenvalue weighted by Gasteiger charge is -2.04. The van der Waals surface area contributed by atoms with Gasteiger partial charge in [0.05, 0.1) is 17.3 Å². The summed E-state index contributed by atoms with van der Waals surface area (Å²) >= 11 is 1.16. The molecule has 0 saturated carbocycles. The van der Waals surface area contributed by atoms with Crippen LogP contribution in [0.4, 0.5) is 5.69 Å². The summed E-state index contributed by atoms with van der Waals surface area (Å²) in [6, 6.07) is 13.2. The first-order valence-corrected chi connectivity index (χ1v) is 7.14. The Morgan fingerprint density at radius 2 is 1.95 bits per heavy atom. The molecule has 6 heteroatoms. The van der Waals surface area contributed by atoms with E-state index in [1.165, 1.54) is 0 Å². The van der Waals surface area contributed by atoms with Gasteiger partial charge in [-0.15, -0.1) is 0 Å². The highest BCUT2D eigenvalue weighted by Crippen LogP contribution is 2.21. The monoisotopic (exact) mass is 294 g/mol. The van der Waals surface area contributed by atoms with Crippen LogP contribution in [0.1, 0.15) is 10.4 Å². The standard InChI is InChI=1S/C15H10N4OS/c20-15(11-8-16-12-4-2-1-3-10(11)12)17-9-5-6-13-14(7-9)19-21-18-13/h1-8,16H,(H,17,20). The molecule has 0 aliphatic rings. The average Bonchev–Trinajstić information content (AvgIpc) is 3.13. The van der Waals surface area contributed by atoms with Gasteiger partial charge < -0.3 is 10.3 Å². The minimum atomic E-state index is -0.144. The number of benzene rings is 2. The largest absolute Gasteiger partial charge is 0.360 e. The molecule has 2 N–H and O–H groups in total. The zero-order valence-electron chi connectivity index (χ0n) is 10.8. The van der Waals surface area contributed by atoms with Crippen molar-refractivity contribution in [3.05, 3.63) is 54.2 Å². The second-order valence-corrected chi connectivity index (χ2v) is 5.20. The Hall–Kier alpha value is -2.73. The van der Waals surface area contributed by atoms with E-state index in [-0.39, 0.29) is 5.91 Å². The highest BCUT2D eigenvalue weighted by Gasteiger charge is 2.12. The van der Waals surface area contributed by atoms with Gasteiger partial charge in [0.15, 0.2) is 0 Å². The molecule has 2 heterocycles. The lowest BCUT2D eigenvalue weighted by atomic mass is 10.1.